The number of benzene rings is 2. The van der Waals surface area contributed by atoms with E-state index in [-0.39, 0.29) is 29.1 Å². The maximum Gasteiger partial charge on any atom is 0.0861 e. The maximum absolute atomic E-state index is 9.92. The minimum Gasteiger partial charge on any atom is -0.393 e. The van der Waals surface area contributed by atoms with Crippen LogP contribution in [0, 0.1) is 17.3 Å². The fraction of sp³-hybridized carbons (Fsp3) is 0.586. The second kappa shape index (κ2) is 8.71. The van der Waals surface area contributed by atoms with E-state index >= 15 is 0 Å². The van der Waals surface area contributed by atoms with Crippen LogP contribution in [0.2, 0.25) is 0 Å². The summed E-state index contributed by atoms with van der Waals surface area (Å²) in [6, 6.07) is 19.9. The van der Waals surface area contributed by atoms with Crippen molar-refractivity contribution >= 4 is 0 Å². The lowest BCUT2D eigenvalue weighted by Gasteiger charge is -2.59. The quantitative estimate of drug-likeness (QED) is 0.553. The van der Waals surface area contributed by atoms with Gasteiger partial charge in [-0.05, 0) is 85.3 Å². The number of ether oxygens (including phenoxy) is 1. The normalized spacial score (nSPS) is 30.0. The molecule has 0 unspecified atom stereocenters. The molecule has 1 fully saturated rings. The summed E-state index contributed by atoms with van der Waals surface area (Å²) < 4.78 is 6.74. The van der Waals surface area contributed by atoms with E-state index in [0.29, 0.717) is 18.3 Å². The molecule has 2 nitrogen and oxygen atoms in total. The highest BCUT2D eigenvalue weighted by Crippen LogP contribution is 2.61. The van der Waals surface area contributed by atoms with E-state index < -0.39 is 0 Å². The second-order valence-electron chi connectivity index (χ2n) is 11.0. The highest BCUT2D eigenvalue weighted by atomic mass is 16.5. The van der Waals surface area contributed by atoms with Gasteiger partial charge in [0.2, 0.25) is 0 Å². The van der Waals surface area contributed by atoms with Crippen molar-refractivity contribution in [2.75, 3.05) is 0 Å². The summed E-state index contributed by atoms with van der Waals surface area (Å²) in [5.74, 6) is 1.09. The Morgan fingerprint density at radius 1 is 0.968 bits per heavy atom. The molecule has 1 saturated carbocycles. The largest absolute Gasteiger partial charge is 0.393 e. The van der Waals surface area contributed by atoms with Gasteiger partial charge in [0.15, 0.2) is 0 Å². The van der Waals surface area contributed by atoms with Gasteiger partial charge in [0.25, 0.3) is 0 Å². The average molecular weight is 421 g/mol. The molecule has 2 heteroatoms. The molecule has 2 aliphatic carbocycles. The number of aliphatic hydroxyl groups excluding tert-OH is 1. The van der Waals surface area contributed by atoms with Gasteiger partial charge in [0, 0.05) is 0 Å². The van der Waals surface area contributed by atoms with Crippen molar-refractivity contribution in [3.05, 3.63) is 71.3 Å². The smallest absolute Gasteiger partial charge is 0.0861 e. The van der Waals surface area contributed by atoms with Crippen molar-refractivity contribution < 1.29 is 9.84 Å². The van der Waals surface area contributed by atoms with Gasteiger partial charge in [-0.1, -0.05) is 75.4 Å². The van der Waals surface area contributed by atoms with Crippen molar-refractivity contribution in [1.29, 1.82) is 0 Å². The molecule has 0 heterocycles. The Bertz CT molecular complexity index is 871. The zero-order valence-electron chi connectivity index (χ0n) is 20.0. The molecular formula is C29H40O2. The van der Waals surface area contributed by atoms with E-state index in [0.717, 1.165) is 6.42 Å². The Balaban J connectivity index is 1.68. The Labute approximate surface area is 189 Å². The number of hydrogen-bond acceptors (Lipinski definition) is 2. The topological polar surface area (TPSA) is 29.5 Å². The van der Waals surface area contributed by atoms with Crippen molar-refractivity contribution in [1.82, 2.24) is 0 Å². The van der Waals surface area contributed by atoms with Crippen molar-refractivity contribution in [2.24, 2.45) is 17.3 Å². The summed E-state index contributed by atoms with van der Waals surface area (Å²) in [5, 5.41) is 9.92. The molecule has 0 spiro atoms. The molecular weight excluding hydrogens is 380 g/mol. The predicted molar refractivity (Wildman–Crippen MR) is 128 cm³/mol. The molecule has 6 atom stereocenters. The van der Waals surface area contributed by atoms with Crippen molar-refractivity contribution in [3.8, 4) is 0 Å². The number of fused-ring (bicyclic) bond motifs is 3. The summed E-state index contributed by atoms with van der Waals surface area (Å²) in [7, 11) is 0. The summed E-state index contributed by atoms with van der Waals surface area (Å²) in [6.07, 6.45) is 5.22. The Morgan fingerprint density at radius 3 is 2.35 bits per heavy atom. The van der Waals surface area contributed by atoms with Gasteiger partial charge in [-0.15, -0.1) is 0 Å². The van der Waals surface area contributed by atoms with Gasteiger partial charge in [-0.2, -0.15) is 0 Å². The molecule has 0 aromatic heterocycles. The molecule has 4 rings (SSSR count). The van der Waals surface area contributed by atoms with Gasteiger partial charge < -0.3 is 9.84 Å². The SMILES string of the molecule is C[C@H](O)C[C@H](C)O[C@@H](c1ccccc1)[C@H]1CC[C@]2(C)c3ccccc3CC[C@H]2C1(C)C. The molecule has 2 aromatic rings. The number of aliphatic hydroxyl groups is 1. The van der Waals surface area contributed by atoms with E-state index in [1.807, 2.05) is 6.92 Å². The third kappa shape index (κ3) is 4.22. The minimum atomic E-state index is -0.344. The molecule has 0 amide bonds. The monoisotopic (exact) mass is 420 g/mol. The number of hydrogen-bond donors (Lipinski definition) is 1. The van der Waals surface area contributed by atoms with E-state index in [4.69, 9.17) is 4.74 Å². The molecule has 2 aromatic carbocycles. The first-order valence-corrected chi connectivity index (χ1v) is 12.2. The van der Waals surface area contributed by atoms with Crippen LogP contribution in [-0.4, -0.2) is 17.3 Å². The van der Waals surface area contributed by atoms with E-state index in [1.54, 1.807) is 11.1 Å². The first-order chi connectivity index (χ1) is 14.7. The summed E-state index contributed by atoms with van der Waals surface area (Å²) in [4.78, 5) is 0. The van der Waals surface area contributed by atoms with Crippen LogP contribution >= 0.6 is 0 Å². The second-order valence-corrected chi connectivity index (χ2v) is 11.0. The van der Waals surface area contributed by atoms with Crippen LogP contribution in [0.5, 0.6) is 0 Å². The zero-order chi connectivity index (χ0) is 22.2. The molecule has 0 saturated heterocycles. The Morgan fingerprint density at radius 2 is 1.65 bits per heavy atom. The lowest BCUT2D eigenvalue weighted by Crippen LogP contribution is -2.53. The zero-order valence-corrected chi connectivity index (χ0v) is 20.0. The number of rotatable bonds is 6. The molecule has 0 bridgehead atoms. The summed E-state index contributed by atoms with van der Waals surface area (Å²) in [5.41, 5.74) is 4.81. The molecule has 168 valence electrons. The molecule has 0 radical (unpaired) electrons. The third-order valence-electron chi connectivity index (χ3n) is 8.48. The average Bonchev–Trinajstić information content (AvgIpc) is 2.72. The van der Waals surface area contributed by atoms with Gasteiger partial charge >= 0.3 is 0 Å². The van der Waals surface area contributed by atoms with Crippen molar-refractivity contribution in [3.63, 3.8) is 0 Å². The van der Waals surface area contributed by atoms with Crippen LogP contribution in [0.15, 0.2) is 54.6 Å². The van der Waals surface area contributed by atoms with E-state index in [9.17, 15) is 5.11 Å². The maximum atomic E-state index is 9.92. The third-order valence-corrected chi connectivity index (χ3v) is 8.48. The summed E-state index contributed by atoms with van der Waals surface area (Å²) >= 11 is 0. The highest BCUT2D eigenvalue weighted by molar-refractivity contribution is 5.39. The predicted octanol–water partition coefficient (Wildman–Crippen LogP) is 6.86. The first kappa shape index (κ1) is 22.6. The van der Waals surface area contributed by atoms with Crippen LogP contribution in [0.4, 0.5) is 0 Å². The molecule has 31 heavy (non-hydrogen) atoms. The fourth-order valence-corrected chi connectivity index (χ4v) is 7.07. The van der Waals surface area contributed by atoms with Crippen LogP contribution in [0.1, 0.15) is 83.1 Å². The van der Waals surface area contributed by atoms with Crippen molar-refractivity contribution in [2.45, 2.75) is 90.4 Å². The first-order valence-electron chi connectivity index (χ1n) is 12.2. The molecule has 2 aliphatic rings. The van der Waals surface area contributed by atoms with E-state index in [1.165, 1.54) is 24.8 Å². The van der Waals surface area contributed by atoms with Gasteiger partial charge in [0.1, 0.15) is 0 Å². The highest BCUT2D eigenvalue weighted by Gasteiger charge is 2.55. The molecule has 0 aliphatic heterocycles. The van der Waals surface area contributed by atoms with Crippen LogP contribution in [-0.2, 0) is 16.6 Å². The fourth-order valence-electron chi connectivity index (χ4n) is 7.07. The standard InChI is InChI=1S/C29H40O2/c1-20(30)19-21(2)31-27(23-12-7-6-8-13-23)25-17-18-29(5)24-14-10-9-11-22(24)15-16-26(29)28(25,3)4/h6-14,20-21,25-27,30H,15-19H2,1-5H3/t20-,21-,25+,26-,27-,29+/m0/s1. The van der Waals surface area contributed by atoms with Crippen LogP contribution < -0.4 is 0 Å². The lowest BCUT2D eigenvalue weighted by atomic mass is 9.46. The van der Waals surface area contributed by atoms with Gasteiger partial charge in [-0.3, -0.25) is 0 Å². The minimum absolute atomic E-state index is 0.0291. The van der Waals surface area contributed by atoms with Gasteiger partial charge in [-0.25, -0.2) is 0 Å². The Hall–Kier alpha value is -1.64. The molecule has 1 N–H and O–H groups in total. The Kier molecular flexibility index (Phi) is 6.34. The van der Waals surface area contributed by atoms with Crippen LogP contribution in [0.3, 0.4) is 0 Å². The van der Waals surface area contributed by atoms with Crippen LogP contribution in [0.25, 0.3) is 0 Å². The van der Waals surface area contributed by atoms with Gasteiger partial charge in [0.05, 0.1) is 18.3 Å². The number of aryl methyl sites for hydroxylation is 1. The lowest BCUT2D eigenvalue weighted by molar-refractivity contribution is -0.123. The summed E-state index contributed by atoms with van der Waals surface area (Å²) in [6.45, 7) is 11.5. The van der Waals surface area contributed by atoms with E-state index in [2.05, 4.69) is 82.3 Å².